The lowest BCUT2D eigenvalue weighted by Gasteiger charge is -2.35. The maximum absolute atomic E-state index is 15.0. The summed E-state index contributed by atoms with van der Waals surface area (Å²) in [4.78, 5) is 44.1. The molecule has 186 valence electrons. The zero-order valence-corrected chi connectivity index (χ0v) is 20.2. The first-order chi connectivity index (χ1) is 17.9. The average Bonchev–Trinajstić information content (AvgIpc) is 2.90. The number of carbonyl (C=O) groups is 2. The molecule has 1 aliphatic rings. The Balaban J connectivity index is 1.39. The Morgan fingerprint density at radius 2 is 1.76 bits per heavy atom. The summed E-state index contributed by atoms with van der Waals surface area (Å²) in [5, 5.41) is 5.72. The highest BCUT2D eigenvalue weighted by Gasteiger charge is 2.35. The molecule has 0 unspecified atom stereocenters. The number of hydrogen-bond acceptors (Lipinski definition) is 4. The SMILES string of the molecule is O=C(Nc1ccc(-n2ccccc2=O)cc1F)[C@H]1Cc2ccccc2CN1C(=O)Nc1ccc(Cl)cn1. The molecule has 3 amide bonds. The Labute approximate surface area is 216 Å². The second-order valence-electron chi connectivity index (χ2n) is 8.47. The number of fused-ring (bicyclic) bond motifs is 1. The van der Waals surface area contributed by atoms with E-state index in [1.807, 2.05) is 24.3 Å². The van der Waals surface area contributed by atoms with Gasteiger partial charge in [-0.25, -0.2) is 14.2 Å². The molecule has 2 N–H and O–H groups in total. The molecule has 0 aliphatic carbocycles. The van der Waals surface area contributed by atoms with Crippen molar-refractivity contribution in [2.75, 3.05) is 10.6 Å². The molecule has 2 aromatic heterocycles. The minimum atomic E-state index is -0.905. The molecule has 1 aliphatic heterocycles. The summed E-state index contributed by atoms with van der Waals surface area (Å²) in [6, 6.07) is 18.0. The minimum Gasteiger partial charge on any atom is -0.322 e. The maximum Gasteiger partial charge on any atom is 0.324 e. The van der Waals surface area contributed by atoms with Gasteiger partial charge in [0, 0.05) is 37.5 Å². The quantitative estimate of drug-likeness (QED) is 0.413. The first-order valence-corrected chi connectivity index (χ1v) is 11.8. The molecule has 8 nitrogen and oxygen atoms in total. The molecule has 0 radical (unpaired) electrons. The molecule has 37 heavy (non-hydrogen) atoms. The maximum atomic E-state index is 15.0. The van der Waals surface area contributed by atoms with Gasteiger partial charge in [-0.1, -0.05) is 41.9 Å². The molecule has 5 rings (SSSR count). The van der Waals surface area contributed by atoms with Gasteiger partial charge in [-0.05, 0) is 41.5 Å². The fourth-order valence-corrected chi connectivity index (χ4v) is 4.33. The van der Waals surface area contributed by atoms with Crippen LogP contribution in [-0.4, -0.2) is 32.4 Å². The van der Waals surface area contributed by atoms with Crippen molar-refractivity contribution in [3.8, 4) is 5.69 Å². The highest BCUT2D eigenvalue weighted by atomic mass is 35.5. The van der Waals surface area contributed by atoms with Gasteiger partial charge in [-0.15, -0.1) is 0 Å². The van der Waals surface area contributed by atoms with E-state index in [4.69, 9.17) is 11.6 Å². The van der Waals surface area contributed by atoms with Crippen LogP contribution in [0.25, 0.3) is 5.69 Å². The van der Waals surface area contributed by atoms with Gasteiger partial charge < -0.3 is 10.2 Å². The van der Waals surface area contributed by atoms with Crippen LogP contribution < -0.4 is 16.2 Å². The van der Waals surface area contributed by atoms with E-state index in [1.165, 1.54) is 46.1 Å². The second kappa shape index (κ2) is 10.2. The minimum absolute atomic E-state index is 0.0590. The monoisotopic (exact) mass is 517 g/mol. The van der Waals surface area contributed by atoms with Gasteiger partial charge >= 0.3 is 6.03 Å². The van der Waals surface area contributed by atoms with Crippen molar-refractivity contribution in [2.24, 2.45) is 0 Å². The molecule has 0 saturated heterocycles. The summed E-state index contributed by atoms with van der Waals surface area (Å²) >= 11 is 5.87. The van der Waals surface area contributed by atoms with E-state index in [0.29, 0.717) is 10.7 Å². The number of nitrogens with one attached hydrogen (secondary N) is 2. The van der Waals surface area contributed by atoms with Crippen molar-refractivity contribution in [3.63, 3.8) is 0 Å². The molecule has 1 atom stereocenters. The Morgan fingerprint density at radius 3 is 2.49 bits per heavy atom. The summed E-state index contributed by atoms with van der Waals surface area (Å²) in [7, 11) is 0. The molecule has 0 bridgehead atoms. The van der Waals surface area contributed by atoms with Crippen LogP contribution in [0, 0.1) is 5.82 Å². The number of amides is 3. The zero-order valence-electron chi connectivity index (χ0n) is 19.4. The number of nitrogens with zero attached hydrogens (tertiary/aromatic N) is 3. The molecule has 4 aromatic rings. The molecule has 0 saturated carbocycles. The van der Waals surface area contributed by atoms with E-state index in [9.17, 15) is 18.8 Å². The Morgan fingerprint density at radius 1 is 0.973 bits per heavy atom. The predicted octanol–water partition coefficient (Wildman–Crippen LogP) is 4.62. The average molecular weight is 518 g/mol. The Bertz CT molecular complexity index is 1540. The number of halogens is 2. The first kappa shape index (κ1) is 24.2. The number of carbonyl (C=O) groups excluding carboxylic acids is 2. The lowest BCUT2D eigenvalue weighted by Crippen LogP contribution is -2.52. The van der Waals surface area contributed by atoms with Crippen LogP contribution in [0.1, 0.15) is 11.1 Å². The number of benzene rings is 2. The van der Waals surface area contributed by atoms with Gasteiger partial charge in [0.05, 0.1) is 16.4 Å². The highest BCUT2D eigenvalue weighted by Crippen LogP contribution is 2.26. The van der Waals surface area contributed by atoms with E-state index in [0.717, 1.165) is 11.1 Å². The summed E-state index contributed by atoms with van der Waals surface area (Å²) in [6.07, 6.45) is 3.19. The number of urea groups is 1. The lowest BCUT2D eigenvalue weighted by atomic mass is 9.93. The van der Waals surface area contributed by atoms with Crippen LogP contribution in [0.2, 0.25) is 5.02 Å². The van der Waals surface area contributed by atoms with E-state index in [2.05, 4.69) is 15.6 Å². The lowest BCUT2D eigenvalue weighted by molar-refractivity contribution is -0.120. The van der Waals surface area contributed by atoms with Crippen molar-refractivity contribution in [1.82, 2.24) is 14.5 Å². The topological polar surface area (TPSA) is 96.3 Å². The third-order valence-corrected chi connectivity index (χ3v) is 6.31. The number of aromatic nitrogens is 2. The molecular weight excluding hydrogens is 497 g/mol. The van der Waals surface area contributed by atoms with Gasteiger partial charge in [0.15, 0.2) is 0 Å². The van der Waals surface area contributed by atoms with Gasteiger partial charge in [0.1, 0.15) is 17.7 Å². The summed E-state index contributed by atoms with van der Waals surface area (Å²) in [5.74, 6) is -0.971. The Kier molecular flexibility index (Phi) is 6.70. The summed E-state index contributed by atoms with van der Waals surface area (Å²) < 4.78 is 16.3. The van der Waals surface area contributed by atoms with Crippen LogP contribution in [0.3, 0.4) is 0 Å². The van der Waals surface area contributed by atoms with Crippen LogP contribution in [0.15, 0.2) is 90.0 Å². The normalized spacial score (nSPS) is 14.5. The van der Waals surface area contributed by atoms with Gasteiger partial charge in [0.25, 0.3) is 5.56 Å². The van der Waals surface area contributed by atoms with Crippen molar-refractivity contribution < 1.29 is 14.0 Å². The van der Waals surface area contributed by atoms with Crippen LogP contribution in [0.4, 0.5) is 20.7 Å². The highest BCUT2D eigenvalue weighted by molar-refractivity contribution is 6.30. The number of anilines is 2. The summed E-state index contributed by atoms with van der Waals surface area (Å²) in [5.41, 5.74) is 1.79. The first-order valence-electron chi connectivity index (χ1n) is 11.4. The smallest absolute Gasteiger partial charge is 0.322 e. The fourth-order valence-electron chi connectivity index (χ4n) is 4.21. The number of rotatable bonds is 4. The summed E-state index contributed by atoms with van der Waals surface area (Å²) in [6.45, 7) is 0.187. The van der Waals surface area contributed by atoms with E-state index in [-0.39, 0.29) is 30.0 Å². The number of pyridine rings is 2. The van der Waals surface area contributed by atoms with Crippen molar-refractivity contribution in [3.05, 3.63) is 118 Å². The largest absolute Gasteiger partial charge is 0.324 e. The zero-order chi connectivity index (χ0) is 25.9. The van der Waals surface area contributed by atoms with E-state index < -0.39 is 23.8 Å². The van der Waals surface area contributed by atoms with Gasteiger partial charge in [0.2, 0.25) is 5.91 Å². The fraction of sp³-hybridized carbons (Fsp3) is 0.111. The molecule has 0 spiro atoms. The van der Waals surface area contributed by atoms with Crippen molar-refractivity contribution in [1.29, 1.82) is 0 Å². The van der Waals surface area contributed by atoms with Crippen molar-refractivity contribution >= 4 is 35.0 Å². The van der Waals surface area contributed by atoms with Gasteiger partial charge in [-0.3, -0.25) is 19.5 Å². The van der Waals surface area contributed by atoms with Crippen LogP contribution in [0.5, 0.6) is 0 Å². The van der Waals surface area contributed by atoms with Gasteiger partial charge in [-0.2, -0.15) is 0 Å². The molecule has 10 heteroatoms. The van der Waals surface area contributed by atoms with Crippen LogP contribution >= 0.6 is 11.6 Å². The third-order valence-electron chi connectivity index (χ3n) is 6.09. The molecule has 0 fully saturated rings. The molecule has 3 heterocycles. The molecule has 2 aromatic carbocycles. The van der Waals surface area contributed by atoms with E-state index in [1.54, 1.807) is 24.3 Å². The molecular formula is C27H21ClFN5O3. The standard InChI is InChI=1S/C27H21ClFN5O3/c28-19-8-11-24(30-15-19)32-27(37)34-16-18-6-2-1-5-17(18)13-23(34)26(36)31-22-10-9-20(14-21(22)29)33-12-4-3-7-25(33)35/h1-12,14-15,23H,13,16H2,(H,31,36)(H,30,32,37)/t23-/m1/s1. The predicted molar refractivity (Wildman–Crippen MR) is 138 cm³/mol. The van der Waals surface area contributed by atoms with Crippen molar-refractivity contribution in [2.45, 2.75) is 19.0 Å². The van der Waals surface area contributed by atoms with Crippen LogP contribution in [-0.2, 0) is 17.8 Å². The number of hydrogen-bond donors (Lipinski definition) is 2. The second-order valence-corrected chi connectivity index (χ2v) is 8.91. The van der Waals surface area contributed by atoms with E-state index >= 15 is 0 Å². The third kappa shape index (κ3) is 5.22. The Hall–Kier alpha value is -4.50.